The second kappa shape index (κ2) is 5.89. The maximum absolute atomic E-state index is 11.5. The molecule has 2 rings (SSSR count). The van der Waals surface area contributed by atoms with Crippen molar-refractivity contribution in [3.63, 3.8) is 0 Å². The highest BCUT2D eigenvalue weighted by atomic mass is 35.5. The van der Waals surface area contributed by atoms with Gasteiger partial charge in [0.1, 0.15) is 0 Å². The zero-order chi connectivity index (χ0) is 14.9. The number of nitrogen functional groups attached to an aromatic ring is 1. The topological polar surface area (TPSA) is 75.6 Å². The summed E-state index contributed by atoms with van der Waals surface area (Å²) >= 11 is 6.10. The molecule has 1 heterocycles. The smallest absolute Gasteiger partial charge is 0.219 e. The minimum absolute atomic E-state index is 0.113. The van der Waals surface area contributed by atoms with Gasteiger partial charge in [-0.15, -0.1) is 0 Å². The van der Waals surface area contributed by atoms with Gasteiger partial charge in [0.15, 0.2) is 0 Å². The van der Waals surface area contributed by atoms with E-state index in [1.54, 1.807) is 13.0 Å². The summed E-state index contributed by atoms with van der Waals surface area (Å²) in [6.07, 6.45) is 0. The van der Waals surface area contributed by atoms with Crippen LogP contribution in [0.25, 0.3) is 0 Å². The molecule has 110 valence electrons. The summed E-state index contributed by atoms with van der Waals surface area (Å²) in [6.45, 7) is 6.24. The molecule has 1 aliphatic heterocycles. The lowest BCUT2D eigenvalue weighted by atomic mass is 10.1. The van der Waals surface area contributed by atoms with Gasteiger partial charge in [-0.2, -0.15) is 0 Å². The molecule has 1 atom stereocenters. The van der Waals surface area contributed by atoms with Gasteiger partial charge in [-0.1, -0.05) is 11.6 Å². The van der Waals surface area contributed by atoms with Crippen molar-refractivity contribution in [2.75, 3.05) is 30.3 Å². The number of hydrogen-bond donors (Lipinski definition) is 2. The average molecular weight is 297 g/mol. The van der Waals surface area contributed by atoms with Gasteiger partial charge in [-0.05, 0) is 19.1 Å². The zero-order valence-corrected chi connectivity index (χ0v) is 12.7. The number of nitrogens with two attached hydrogens (primary N) is 2. The van der Waals surface area contributed by atoms with E-state index in [4.69, 9.17) is 23.1 Å². The lowest BCUT2D eigenvalue weighted by Crippen LogP contribution is -2.53. The molecule has 1 fully saturated rings. The Morgan fingerprint density at radius 2 is 2.15 bits per heavy atom. The Balaban J connectivity index is 2.28. The number of halogens is 1. The lowest BCUT2D eigenvalue weighted by Gasteiger charge is -2.41. The van der Waals surface area contributed by atoms with Crippen LogP contribution < -0.4 is 16.4 Å². The van der Waals surface area contributed by atoms with Crippen molar-refractivity contribution < 1.29 is 4.79 Å². The third-order valence-electron chi connectivity index (χ3n) is 3.80. The first-order chi connectivity index (χ1) is 9.43. The molecule has 5 nitrogen and oxygen atoms in total. The highest BCUT2D eigenvalue weighted by Crippen LogP contribution is 2.31. The Kier molecular flexibility index (Phi) is 4.40. The predicted molar refractivity (Wildman–Crippen MR) is 82.8 cm³/mol. The second-order valence-corrected chi connectivity index (χ2v) is 5.64. The van der Waals surface area contributed by atoms with Crippen LogP contribution in [0.3, 0.4) is 0 Å². The largest absolute Gasteiger partial charge is 0.398 e. The Labute approximate surface area is 124 Å². The minimum Gasteiger partial charge on any atom is -0.398 e. The first kappa shape index (κ1) is 14.9. The number of hydrogen-bond acceptors (Lipinski definition) is 4. The molecule has 1 saturated heterocycles. The Morgan fingerprint density at radius 1 is 1.45 bits per heavy atom. The van der Waals surface area contributed by atoms with E-state index in [-0.39, 0.29) is 11.9 Å². The van der Waals surface area contributed by atoms with Crippen molar-refractivity contribution in [2.45, 2.75) is 26.4 Å². The van der Waals surface area contributed by atoms with E-state index in [0.717, 1.165) is 24.3 Å². The summed E-state index contributed by atoms with van der Waals surface area (Å²) in [6, 6.07) is 3.78. The SMILES string of the molecule is CC(=O)N1CCN(c2cc(Cl)cc(N)c2CN)C[C@H]1C. The molecule has 0 unspecified atom stereocenters. The summed E-state index contributed by atoms with van der Waals surface area (Å²) in [7, 11) is 0. The quantitative estimate of drug-likeness (QED) is 0.810. The van der Waals surface area contributed by atoms with Gasteiger partial charge < -0.3 is 21.3 Å². The molecular formula is C14H21ClN4O. The summed E-state index contributed by atoms with van der Waals surface area (Å²) in [5.41, 5.74) is 14.3. The molecule has 1 aromatic rings. The van der Waals surface area contributed by atoms with E-state index < -0.39 is 0 Å². The van der Waals surface area contributed by atoms with Crippen LogP contribution in [0.2, 0.25) is 5.02 Å². The fraction of sp³-hybridized carbons (Fsp3) is 0.500. The van der Waals surface area contributed by atoms with Crippen LogP contribution >= 0.6 is 11.6 Å². The van der Waals surface area contributed by atoms with E-state index in [1.807, 2.05) is 17.9 Å². The van der Waals surface area contributed by atoms with Crippen molar-refractivity contribution in [1.82, 2.24) is 4.90 Å². The normalized spacial score (nSPS) is 19.3. The monoisotopic (exact) mass is 296 g/mol. The Hall–Kier alpha value is -1.46. The van der Waals surface area contributed by atoms with E-state index in [2.05, 4.69) is 4.90 Å². The van der Waals surface area contributed by atoms with Crippen molar-refractivity contribution in [3.05, 3.63) is 22.7 Å². The number of carbonyl (C=O) groups excluding carboxylic acids is 1. The molecular weight excluding hydrogens is 276 g/mol. The van der Waals surface area contributed by atoms with Crippen LogP contribution in [0.4, 0.5) is 11.4 Å². The molecule has 20 heavy (non-hydrogen) atoms. The fourth-order valence-corrected chi connectivity index (χ4v) is 3.01. The Bertz CT molecular complexity index is 520. The number of amides is 1. The number of piperazine rings is 1. The van der Waals surface area contributed by atoms with Crippen LogP contribution in [0.5, 0.6) is 0 Å². The average Bonchev–Trinajstić information content (AvgIpc) is 2.37. The maximum Gasteiger partial charge on any atom is 0.219 e. The van der Waals surface area contributed by atoms with Crippen LogP contribution in [0.1, 0.15) is 19.4 Å². The third-order valence-corrected chi connectivity index (χ3v) is 4.02. The summed E-state index contributed by atoms with van der Waals surface area (Å²) in [5, 5.41) is 0.608. The molecule has 0 saturated carbocycles. The fourth-order valence-electron chi connectivity index (χ4n) is 2.79. The number of carbonyl (C=O) groups is 1. The van der Waals surface area contributed by atoms with Gasteiger partial charge in [0.2, 0.25) is 5.91 Å². The van der Waals surface area contributed by atoms with Crippen molar-refractivity contribution >= 4 is 28.9 Å². The van der Waals surface area contributed by atoms with Gasteiger partial charge in [0.25, 0.3) is 0 Å². The third kappa shape index (κ3) is 2.83. The van der Waals surface area contributed by atoms with Gasteiger partial charge in [-0.25, -0.2) is 0 Å². The van der Waals surface area contributed by atoms with Crippen LogP contribution in [0, 0.1) is 0 Å². The second-order valence-electron chi connectivity index (χ2n) is 5.20. The zero-order valence-electron chi connectivity index (χ0n) is 11.9. The maximum atomic E-state index is 11.5. The van der Waals surface area contributed by atoms with Gasteiger partial charge in [0, 0.05) is 61.1 Å². The number of nitrogens with zero attached hydrogens (tertiary/aromatic N) is 2. The molecule has 0 aliphatic carbocycles. The standard InChI is InChI=1S/C14H21ClN4O/c1-9-8-18(3-4-19(9)10(2)20)14-6-11(15)5-13(17)12(14)7-16/h5-6,9H,3-4,7-8,16-17H2,1-2H3/t9-/m1/s1. The van der Waals surface area contributed by atoms with Crippen LogP contribution in [-0.4, -0.2) is 36.5 Å². The van der Waals surface area contributed by atoms with Gasteiger partial charge in [-0.3, -0.25) is 4.79 Å². The molecule has 0 radical (unpaired) electrons. The molecule has 1 aromatic carbocycles. The van der Waals surface area contributed by atoms with Crippen molar-refractivity contribution in [3.8, 4) is 0 Å². The number of anilines is 2. The summed E-state index contributed by atoms with van der Waals surface area (Å²) < 4.78 is 0. The van der Waals surface area contributed by atoms with E-state index in [9.17, 15) is 4.79 Å². The van der Waals surface area contributed by atoms with Gasteiger partial charge >= 0.3 is 0 Å². The highest BCUT2D eigenvalue weighted by Gasteiger charge is 2.27. The number of benzene rings is 1. The van der Waals surface area contributed by atoms with Crippen LogP contribution in [0.15, 0.2) is 12.1 Å². The van der Waals surface area contributed by atoms with Gasteiger partial charge in [0.05, 0.1) is 0 Å². The van der Waals surface area contributed by atoms with Crippen LogP contribution in [-0.2, 0) is 11.3 Å². The molecule has 0 aromatic heterocycles. The number of rotatable bonds is 2. The molecule has 0 bridgehead atoms. The van der Waals surface area contributed by atoms with E-state index in [0.29, 0.717) is 23.8 Å². The molecule has 4 N–H and O–H groups in total. The minimum atomic E-state index is 0.113. The lowest BCUT2D eigenvalue weighted by molar-refractivity contribution is -0.131. The Morgan fingerprint density at radius 3 is 2.70 bits per heavy atom. The molecule has 0 spiro atoms. The molecule has 1 amide bonds. The van der Waals surface area contributed by atoms with E-state index >= 15 is 0 Å². The van der Waals surface area contributed by atoms with Crippen molar-refractivity contribution in [2.24, 2.45) is 5.73 Å². The van der Waals surface area contributed by atoms with Crippen molar-refractivity contribution in [1.29, 1.82) is 0 Å². The first-order valence-corrected chi connectivity index (χ1v) is 7.12. The van der Waals surface area contributed by atoms with E-state index in [1.165, 1.54) is 0 Å². The first-order valence-electron chi connectivity index (χ1n) is 6.74. The molecule has 1 aliphatic rings. The predicted octanol–water partition coefficient (Wildman–Crippen LogP) is 1.44. The molecule has 6 heteroatoms. The summed E-state index contributed by atoms with van der Waals surface area (Å²) in [4.78, 5) is 15.6. The summed E-state index contributed by atoms with van der Waals surface area (Å²) in [5.74, 6) is 0.113. The highest BCUT2D eigenvalue weighted by molar-refractivity contribution is 6.31.